The predicted molar refractivity (Wildman–Crippen MR) is 80.7 cm³/mol. The fourth-order valence-electron chi connectivity index (χ4n) is 2.93. The van der Waals surface area contributed by atoms with Crippen molar-refractivity contribution < 1.29 is 39.5 Å². The highest BCUT2D eigenvalue weighted by molar-refractivity contribution is 8.00. The van der Waals surface area contributed by atoms with Gasteiger partial charge < -0.3 is 25.2 Å². The van der Waals surface area contributed by atoms with Gasteiger partial charge in [-0.05, 0) is 20.8 Å². The molecule has 0 bridgehead atoms. The number of aliphatic hydroxyl groups is 4. The molecule has 10 heteroatoms. The van der Waals surface area contributed by atoms with E-state index in [1.807, 2.05) is 0 Å². The highest BCUT2D eigenvalue weighted by Crippen LogP contribution is 2.49. The van der Waals surface area contributed by atoms with Crippen LogP contribution >= 0.6 is 11.8 Å². The van der Waals surface area contributed by atoms with E-state index in [2.05, 4.69) is 0 Å². The molecule has 1 aliphatic rings. The zero-order valence-corrected chi connectivity index (χ0v) is 14.2. The molecule has 0 aromatic carbocycles. The third kappa shape index (κ3) is 2.48. The number of Topliss-reactive ketones (excluding diaryl/α,β-unsaturated/α-hetero) is 3. The Kier molecular flexibility index (Phi) is 5.93. The van der Waals surface area contributed by atoms with Crippen LogP contribution in [-0.2, 0) is 19.1 Å². The average molecular weight is 361 g/mol. The zero-order chi connectivity index (χ0) is 18.9. The number of rotatable bonds is 6. The molecule has 0 radical (unpaired) electrons. The van der Waals surface area contributed by atoms with Crippen LogP contribution in [-0.4, -0.2) is 78.5 Å². The molecule has 1 heterocycles. The van der Waals surface area contributed by atoms with Crippen LogP contribution in [0.5, 0.6) is 0 Å². The number of hydrogen-bond acceptors (Lipinski definition) is 10. The second kappa shape index (κ2) is 6.87. The van der Waals surface area contributed by atoms with Crippen molar-refractivity contribution in [1.82, 2.24) is 0 Å². The molecule has 4 N–H and O–H groups in total. The van der Waals surface area contributed by atoms with Gasteiger partial charge in [0.25, 0.3) is 0 Å². The zero-order valence-electron chi connectivity index (χ0n) is 13.3. The normalized spacial score (nSPS) is 39.1. The van der Waals surface area contributed by atoms with Gasteiger partial charge in [0.2, 0.25) is 5.60 Å². The molecule has 0 aromatic heterocycles. The first-order valence-corrected chi connectivity index (χ1v) is 7.96. The Labute approximate surface area is 142 Å². The van der Waals surface area contributed by atoms with E-state index >= 15 is 0 Å². The molecule has 0 aliphatic carbocycles. The van der Waals surface area contributed by atoms with Gasteiger partial charge in [-0.1, -0.05) is 0 Å². The number of aliphatic hydroxyl groups excluding tert-OH is 1. The quantitative estimate of drug-likeness (QED) is 0.412. The molecular weight excluding hydrogens is 342 g/mol. The van der Waals surface area contributed by atoms with Crippen molar-refractivity contribution in [3.8, 4) is 6.07 Å². The van der Waals surface area contributed by atoms with Crippen LogP contribution in [0.1, 0.15) is 20.8 Å². The number of nitriles is 1. The van der Waals surface area contributed by atoms with Gasteiger partial charge in [-0.2, -0.15) is 5.26 Å². The number of ether oxygens (including phenoxy) is 1. The summed E-state index contributed by atoms with van der Waals surface area (Å²) in [6, 6.07) is 1.73. The van der Waals surface area contributed by atoms with Crippen molar-refractivity contribution in [3.05, 3.63) is 0 Å². The van der Waals surface area contributed by atoms with Gasteiger partial charge in [-0.25, -0.2) is 0 Å². The lowest BCUT2D eigenvalue weighted by Gasteiger charge is -2.57. The number of carbonyl (C=O) groups excluding carboxylic acids is 3. The first-order valence-electron chi connectivity index (χ1n) is 6.91. The summed E-state index contributed by atoms with van der Waals surface area (Å²) in [5.74, 6) is -3.87. The Morgan fingerprint density at radius 1 is 1.08 bits per heavy atom. The molecule has 0 amide bonds. The van der Waals surface area contributed by atoms with Crippen LogP contribution in [0.2, 0.25) is 0 Å². The number of hydrogen-bond donors (Lipinski definition) is 4. The van der Waals surface area contributed by atoms with Crippen LogP contribution in [0.15, 0.2) is 0 Å². The van der Waals surface area contributed by atoms with E-state index in [1.165, 1.54) is 0 Å². The number of nitrogens with zero attached hydrogens (tertiary/aromatic N) is 1. The van der Waals surface area contributed by atoms with Gasteiger partial charge in [-0.3, -0.25) is 14.4 Å². The minimum Gasteiger partial charge on any atom is -0.394 e. The highest BCUT2D eigenvalue weighted by Gasteiger charge is 2.78. The van der Waals surface area contributed by atoms with Crippen LogP contribution in [0, 0.1) is 11.3 Å². The topological polar surface area (TPSA) is 165 Å². The number of carbonyl (C=O) groups is 3. The van der Waals surface area contributed by atoms with E-state index in [0.717, 1.165) is 20.8 Å². The Balaban J connectivity index is 3.76. The van der Waals surface area contributed by atoms with Crippen molar-refractivity contribution in [1.29, 1.82) is 5.26 Å². The molecule has 9 nitrogen and oxygen atoms in total. The van der Waals surface area contributed by atoms with Crippen LogP contribution in [0.3, 0.4) is 0 Å². The molecule has 0 aromatic rings. The van der Waals surface area contributed by atoms with Gasteiger partial charge in [0, 0.05) is 0 Å². The molecular formula is C14H19NO8S. The Bertz CT molecular complexity index is 604. The molecule has 1 aliphatic heterocycles. The average Bonchev–Trinajstić information content (AvgIpc) is 2.51. The Morgan fingerprint density at radius 2 is 1.58 bits per heavy atom. The summed E-state index contributed by atoms with van der Waals surface area (Å²) >= 11 is 0.584. The van der Waals surface area contributed by atoms with Crippen molar-refractivity contribution >= 4 is 29.1 Å². The summed E-state index contributed by atoms with van der Waals surface area (Å²) in [7, 11) is 0. The smallest absolute Gasteiger partial charge is 0.200 e. The number of thioether (sulfide) groups is 1. The van der Waals surface area contributed by atoms with Crippen molar-refractivity contribution in [2.75, 3.05) is 12.4 Å². The van der Waals surface area contributed by atoms with E-state index in [1.54, 1.807) is 6.07 Å². The van der Waals surface area contributed by atoms with Gasteiger partial charge >= 0.3 is 0 Å². The summed E-state index contributed by atoms with van der Waals surface area (Å²) in [6.07, 6.45) is -1.79. The summed E-state index contributed by atoms with van der Waals surface area (Å²) < 4.78 is 5.25. The second-order valence-electron chi connectivity index (χ2n) is 5.52. The molecule has 1 saturated heterocycles. The first-order chi connectivity index (χ1) is 11.0. The summed E-state index contributed by atoms with van der Waals surface area (Å²) in [5.41, 5.74) is -11.0. The lowest BCUT2D eigenvalue weighted by atomic mass is 9.61. The summed E-state index contributed by atoms with van der Waals surface area (Å²) in [4.78, 5) is 36.3. The van der Waals surface area contributed by atoms with Crippen molar-refractivity contribution in [3.63, 3.8) is 0 Å². The molecule has 0 unspecified atom stereocenters. The molecule has 5 atom stereocenters. The largest absolute Gasteiger partial charge is 0.394 e. The van der Waals surface area contributed by atoms with E-state index < -0.39 is 52.3 Å². The fraction of sp³-hybridized carbons (Fsp3) is 0.714. The van der Waals surface area contributed by atoms with Crippen molar-refractivity contribution in [2.24, 2.45) is 0 Å². The monoisotopic (exact) mass is 361 g/mol. The molecule has 24 heavy (non-hydrogen) atoms. The summed E-state index contributed by atoms with van der Waals surface area (Å²) in [5, 5.41) is 50.6. The van der Waals surface area contributed by atoms with Crippen LogP contribution < -0.4 is 0 Å². The third-order valence-electron chi connectivity index (χ3n) is 4.25. The summed E-state index contributed by atoms with van der Waals surface area (Å²) in [6.45, 7) is 1.47. The lowest BCUT2D eigenvalue weighted by Crippen LogP contribution is -2.85. The van der Waals surface area contributed by atoms with Crippen LogP contribution in [0.25, 0.3) is 0 Å². The van der Waals surface area contributed by atoms with Gasteiger partial charge in [-0.15, -0.1) is 11.8 Å². The van der Waals surface area contributed by atoms with Gasteiger partial charge in [0.1, 0.15) is 11.5 Å². The van der Waals surface area contributed by atoms with E-state index in [-0.39, 0.29) is 5.75 Å². The minimum absolute atomic E-state index is 0.287. The predicted octanol–water partition coefficient (Wildman–Crippen LogP) is -2.08. The molecule has 1 fully saturated rings. The SMILES string of the molecule is CC(=O)[C@]1(O)[C@@](O)(C(C)=O)[C@@H](CO)O[C@@H](SCC#N)[C@]1(O)C(C)=O. The van der Waals surface area contributed by atoms with Crippen LogP contribution in [0.4, 0.5) is 0 Å². The maximum Gasteiger partial charge on any atom is 0.200 e. The Morgan fingerprint density at radius 3 is 1.92 bits per heavy atom. The Hall–Kier alpha value is -1.35. The molecule has 0 spiro atoms. The molecule has 0 saturated carbocycles. The number of ketones is 3. The molecule has 1 rings (SSSR count). The first kappa shape index (κ1) is 20.7. The molecule has 134 valence electrons. The van der Waals surface area contributed by atoms with Gasteiger partial charge in [0.15, 0.2) is 28.6 Å². The standard InChI is InChI=1S/C14H19NO8S/c1-7(17)12(20)10(6-16)23-11(24-5-4-15)13(21,8(2)18)14(12,22)9(3)19/h10-11,16,20-22H,5-6H2,1-3H3/t10-,11+,12-,13-,14+/m1/s1. The van der Waals surface area contributed by atoms with Crippen molar-refractivity contribution in [2.45, 2.75) is 49.1 Å². The van der Waals surface area contributed by atoms with E-state index in [9.17, 15) is 34.8 Å². The maximum absolute atomic E-state index is 12.2. The fourth-order valence-corrected chi connectivity index (χ4v) is 3.94. The minimum atomic E-state index is -3.27. The van der Waals surface area contributed by atoms with Gasteiger partial charge in [0.05, 0.1) is 18.4 Å². The second-order valence-corrected chi connectivity index (χ2v) is 6.57. The lowest BCUT2D eigenvalue weighted by molar-refractivity contribution is -0.306. The van der Waals surface area contributed by atoms with E-state index in [4.69, 9.17) is 10.00 Å². The maximum atomic E-state index is 12.2. The third-order valence-corrected chi connectivity index (χ3v) is 5.30. The van der Waals surface area contributed by atoms with E-state index in [0.29, 0.717) is 11.8 Å². The highest BCUT2D eigenvalue weighted by atomic mass is 32.2.